The van der Waals surface area contributed by atoms with Gasteiger partial charge in [-0.3, -0.25) is 4.98 Å². The number of imidazole rings is 1. The minimum absolute atomic E-state index is 0.563. The second-order valence-corrected chi connectivity index (χ2v) is 6.83. The summed E-state index contributed by atoms with van der Waals surface area (Å²) in [5.74, 6) is 0.916. The van der Waals surface area contributed by atoms with Gasteiger partial charge in [-0.15, -0.1) is 11.3 Å². The molecule has 0 N–H and O–H groups in total. The lowest BCUT2D eigenvalue weighted by Gasteiger charge is -2.09. The molecule has 0 fully saturated rings. The van der Waals surface area contributed by atoms with Crippen LogP contribution in [0.4, 0.5) is 0 Å². The van der Waals surface area contributed by atoms with Gasteiger partial charge in [-0.25, -0.2) is 4.98 Å². The third kappa shape index (κ3) is 2.74. The van der Waals surface area contributed by atoms with Crippen LogP contribution in [0.3, 0.4) is 0 Å². The molecule has 0 bridgehead atoms. The highest BCUT2D eigenvalue weighted by molar-refractivity contribution is 7.13. The molecular weight excluding hydrogens is 349 g/mol. The number of nitrogens with zero attached hydrogens (tertiary/aromatic N) is 3. The number of thiazole rings is 1. The molecule has 0 saturated carbocycles. The molecule has 2 heterocycles. The van der Waals surface area contributed by atoms with Crippen molar-refractivity contribution in [3.63, 3.8) is 0 Å². The SMILES string of the molecule is Clc1ccc(Cn2c(-c3cncs3)nc3ccccc32)cc1Cl. The highest BCUT2D eigenvalue weighted by Gasteiger charge is 2.14. The van der Waals surface area contributed by atoms with Gasteiger partial charge in [0, 0.05) is 12.7 Å². The molecule has 4 aromatic rings. The van der Waals surface area contributed by atoms with Crippen molar-refractivity contribution < 1.29 is 0 Å². The first kappa shape index (κ1) is 14.7. The lowest BCUT2D eigenvalue weighted by Crippen LogP contribution is -2.01. The standard InChI is InChI=1S/C17H11Cl2N3S/c18-12-6-5-11(7-13(12)19)9-22-15-4-2-1-3-14(15)21-17(22)16-8-20-10-23-16/h1-8,10H,9H2. The lowest BCUT2D eigenvalue weighted by atomic mass is 10.2. The summed E-state index contributed by atoms with van der Waals surface area (Å²) in [6.45, 7) is 0.671. The number of para-hydroxylation sites is 2. The Morgan fingerprint density at radius 3 is 2.70 bits per heavy atom. The normalized spacial score (nSPS) is 11.2. The van der Waals surface area contributed by atoms with E-state index in [0.717, 1.165) is 27.3 Å². The molecule has 0 aliphatic heterocycles. The van der Waals surface area contributed by atoms with Gasteiger partial charge in [-0.05, 0) is 29.8 Å². The number of benzene rings is 2. The fourth-order valence-electron chi connectivity index (χ4n) is 2.57. The van der Waals surface area contributed by atoms with Crippen LogP contribution in [0.25, 0.3) is 21.7 Å². The molecule has 23 heavy (non-hydrogen) atoms. The van der Waals surface area contributed by atoms with E-state index in [2.05, 4.69) is 15.6 Å². The monoisotopic (exact) mass is 359 g/mol. The molecule has 0 atom stereocenters. The van der Waals surface area contributed by atoms with Gasteiger partial charge >= 0.3 is 0 Å². The molecule has 0 unspecified atom stereocenters. The van der Waals surface area contributed by atoms with E-state index in [0.29, 0.717) is 16.6 Å². The molecule has 0 radical (unpaired) electrons. The highest BCUT2D eigenvalue weighted by Crippen LogP contribution is 2.29. The summed E-state index contributed by atoms with van der Waals surface area (Å²) in [7, 11) is 0. The molecule has 2 aromatic carbocycles. The van der Waals surface area contributed by atoms with Crippen LogP contribution in [0, 0.1) is 0 Å². The average molecular weight is 360 g/mol. The van der Waals surface area contributed by atoms with Gasteiger partial charge in [0.05, 0.1) is 31.5 Å². The van der Waals surface area contributed by atoms with Gasteiger partial charge in [0.25, 0.3) is 0 Å². The molecule has 6 heteroatoms. The molecule has 2 aromatic heterocycles. The predicted molar refractivity (Wildman–Crippen MR) is 96.4 cm³/mol. The summed E-state index contributed by atoms with van der Waals surface area (Å²) in [6, 6.07) is 13.8. The van der Waals surface area contributed by atoms with Gasteiger partial charge in [-0.2, -0.15) is 0 Å². The van der Waals surface area contributed by atoms with Crippen molar-refractivity contribution in [3.8, 4) is 10.7 Å². The molecule has 4 rings (SSSR count). The minimum atomic E-state index is 0.563. The van der Waals surface area contributed by atoms with E-state index >= 15 is 0 Å². The first-order chi connectivity index (χ1) is 11.2. The summed E-state index contributed by atoms with van der Waals surface area (Å²) in [4.78, 5) is 9.98. The summed E-state index contributed by atoms with van der Waals surface area (Å²) in [5.41, 5.74) is 4.95. The zero-order valence-electron chi connectivity index (χ0n) is 11.9. The number of rotatable bonds is 3. The Balaban J connectivity index is 1.87. The van der Waals surface area contributed by atoms with E-state index < -0.39 is 0 Å². The van der Waals surface area contributed by atoms with Crippen molar-refractivity contribution in [1.29, 1.82) is 0 Å². The third-order valence-corrected chi connectivity index (χ3v) is 5.14. The third-order valence-electron chi connectivity index (χ3n) is 3.63. The Bertz CT molecular complexity index is 977. The van der Waals surface area contributed by atoms with Crippen LogP contribution >= 0.6 is 34.5 Å². The summed E-state index contributed by atoms with van der Waals surface area (Å²) >= 11 is 13.7. The van der Waals surface area contributed by atoms with Crippen LogP contribution in [-0.4, -0.2) is 14.5 Å². The second kappa shape index (κ2) is 5.96. The number of hydrogen-bond donors (Lipinski definition) is 0. The zero-order valence-corrected chi connectivity index (χ0v) is 14.2. The van der Waals surface area contributed by atoms with E-state index in [1.807, 2.05) is 48.1 Å². The van der Waals surface area contributed by atoms with Crippen molar-refractivity contribution in [1.82, 2.24) is 14.5 Å². The number of fused-ring (bicyclic) bond motifs is 1. The predicted octanol–water partition coefficient (Wildman–Crippen LogP) is 5.51. The minimum Gasteiger partial charge on any atom is -0.319 e. The van der Waals surface area contributed by atoms with E-state index in [1.165, 1.54) is 0 Å². The fraction of sp³-hybridized carbons (Fsp3) is 0.0588. The van der Waals surface area contributed by atoms with Gasteiger partial charge in [0.15, 0.2) is 5.82 Å². The molecule has 0 spiro atoms. The van der Waals surface area contributed by atoms with Gasteiger partial charge in [0.2, 0.25) is 0 Å². The molecule has 3 nitrogen and oxygen atoms in total. The number of hydrogen-bond acceptors (Lipinski definition) is 3. The number of aromatic nitrogens is 3. The summed E-state index contributed by atoms with van der Waals surface area (Å²) < 4.78 is 2.18. The molecule has 0 aliphatic carbocycles. The Kier molecular flexibility index (Phi) is 3.81. The maximum Gasteiger partial charge on any atom is 0.153 e. The molecule has 0 saturated heterocycles. The van der Waals surface area contributed by atoms with Crippen LogP contribution in [0.2, 0.25) is 10.0 Å². The first-order valence-electron chi connectivity index (χ1n) is 7.00. The van der Waals surface area contributed by atoms with Crippen LogP contribution < -0.4 is 0 Å². The molecule has 0 aliphatic rings. The Morgan fingerprint density at radius 2 is 1.91 bits per heavy atom. The average Bonchev–Trinajstić information content (AvgIpc) is 3.19. The van der Waals surface area contributed by atoms with Crippen molar-refractivity contribution in [2.45, 2.75) is 6.54 Å². The van der Waals surface area contributed by atoms with Crippen LogP contribution in [0.15, 0.2) is 54.2 Å². The highest BCUT2D eigenvalue weighted by atomic mass is 35.5. The summed E-state index contributed by atoms with van der Waals surface area (Å²) in [6.07, 6.45) is 1.84. The quantitative estimate of drug-likeness (QED) is 0.482. The Hall–Kier alpha value is -1.88. The topological polar surface area (TPSA) is 30.7 Å². The van der Waals surface area contributed by atoms with Gasteiger partial charge in [0.1, 0.15) is 0 Å². The van der Waals surface area contributed by atoms with Crippen molar-refractivity contribution in [2.24, 2.45) is 0 Å². The zero-order chi connectivity index (χ0) is 15.8. The second-order valence-electron chi connectivity index (χ2n) is 5.12. The Labute approximate surface area is 147 Å². The van der Waals surface area contributed by atoms with Crippen molar-refractivity contribution >= 4 is 45.6 Å². The lowest BCUT2D eigenvalue weighted by molar-refractivity contribution is 0.836. The van der Waals surface area contributed by atoms with Gasteiger partial charge < -0.3 is 4.57 Å². The smallest absolute Gasteiger partial charge is 0.153 e. The fourth-order valence-corrected chi connectivity index (χ4v) is 3.51. The largest absolute Gasteiger partial charge is 0.319 e. The van der Waals surface area contributed by atoms with E-state index in [-0.39, 0.29) is 0 Å². The van der Waals surface area contributed by atoms with Crippen molar-refractivity contribution in [3.05, 3.63) is 69.8 Å². The van der Waals surface area contributed by atoms with E-state index in [1.54, 1.807) is 11.3 Å². The van der Waals surface area contributed by atoms with Crippen LogP contribution in [-0.2, 0) is 6.54 Å². The summed E-state index contributed by atoms with van der Waals surface area (Å²) in [5, 5.41) is 1.13. The molecule has 0 amide bonds. The first-order valence-corrected chi connectivity index (χ1v) is 8.64. The van der Waals surface area contributed by atoms with Crippen molar-refractivity contribution in [2.75, 3.05) is 0 Å². The maximum atomic E-state index is 6.15. The molecular formula is C17H11Cl2N3S. The van der Waals surface area contributed by atoms with Crippen LogP contribution in [0.1, 0.15) is 5.56 Å². The molecule has 114 valence electrons. The van der Waals surface area contributed by atoms with Gasteiger partial charge in [-0.1, -0.05) is 41.4 Å². The number of halogens is 2. The van der Waals surface area contributed by atoms with E-state index in [4.69, 9.17) is 28.2 Å². The maximum absolute atomic E-state index is 6.15. The van der Waals surface area contributed by atoms with Crippen LogP contribution in [0.5, 0.6) is 0 Å². The Morgan fingerprint density at radius 1 is 1.04 bits per heavy atom. The van der Waals surface area contributed by atoms with E-state index in [9.17, 15) is 0 Å².